The fourth-order valence-corrected chi connectivity index (χ4v) is 1.33. The van der Waals surface area contributed by atoms with E-state index in [0.717, 1.165) is 0 Å². The molecule has 6 heteroatoms. The summed E-state index contributed by atoms with van der Waals surface area (Å²) in [6.45, 7) is -0.467. The number of ether oxygens (including phenoxy) is 2. The van der Waals surface area contributed by atoms with Crippen LogP contribution in [0.3, 0.4) is 0 Å². The van der Waals surface area contributed by atoms with Gasteiger partial charge in [0.15, 0.2) is 6.29 Å². The Morgan fingerprint density at radius 2 is 1.85 bits per heavy atom. The summed E-state index contributed by atoms with van der Waals surface area (Å²) in [5.74, 6) is 0. The summed E-state index contributed by atoms with van der Waals surface area (Å²) in [5.41, 5.74) is 0. The summed E-state index contributed by atoms with van der Waals surface area (Å²) < 4.78 is 9.50. The first-order valence-corrected chi connectivity index (χ1v) is 3.95. The normalized spacial score (nSPS) is 46.4. The molecule has 1 fully saturated rings. The van der Waals surface area contributed by atoms with Gasteiger partial charge in [-0.1, -0.05) is 0 Å². The first kappa shape index (κ1) is 10.8. The van der Waals surface area contributed by atoms with Gasteiger partial charge in [0, 0.05) is 7.11 Å². The second-order valence-electron chi connectivity index (χ2n) is 2.93. The van der Waals surface area contributed by atoms with Crippen molar-refractivity contribution in [3.05, 3.63) is 0 Å². The van der Waals surface area contributed by atoms with E-state index in [1.54, 1.807) is 0 Å². The minimum Gasteiger partial charge on any atom is -0.394 e. The van der Waals surface area contributed by atoms with Crippen LogP contribution in [0, 0.1) is 0 Å². The Bertz CT molecular complexity index is 163. The molecule has 1 heterocycles. The third kappa shape index (κ3) is 1.98. The van der Waals surface area contributed by atoms with Gasteiger partial charge in [0.25, 0.3) is 0 Å². The van der Waals surface area contributed by atoms with E-state index in [1.165, 1.54) is 7.11 Å². The molecule has 4 N–H and O–H groups in total. The van der Waals surface area contributed by atoms with Crippen LogP contribution in [-0.2, 0) is 9.47 Å². The Labute approximate surface area is 75.3 Å². The maximum Gasteiger partial charge on any atom is 0.184 e. The van der Waals surface area contributed by atoms with Crippen molar-refractivity contribution in [2.24, 2.45) is 0 Å². The van der Waals surface area contributed by atoms with Crippen molar-refractivity contribution in [2.75, 3.05) is 13.7 Å². The van der Waals surface area contributed by atoms with Crippen molar-refractivity contribution in [3.8, 4) is 0 Å². The van der Waals surface area contributed by atoms with Crippen LogP contribution in [0.5, 0.6) is 0 Å². The van der Waals surface area contributed by atoms with E-state index >= 15 is 0 Å². The lowest BCUT2D eigenvalue weighted by Gasteiger charge is -2.39. The Balaban J connectivity index is 2.66. The number of methoxy groups -OCH3 is 1. The molecular weight excluding hydrogens is 180 g/mol. The van der Waals surface area contributed by atoms with E-state index in [-0.39, 0.29) is 0 Å². The monoisotopic (exact) mass is 194 g/mol. The Morgan fingerprint density at radius 1 is 1.23 bits per heavy atom. The molecule has 5 atom stereocenters. The van der Waals surface area contributed by atoms with E-state index in [4.69, 9.17) is 14.6 Å². The van der Waals surface area contributed by atoms with Crippen molar-refractivity contribution in [1.82, 2.24) is 0 Å². The molecule has 0 bridgehead atoms. The van der Waals surface area contributed by atoms with Crippen LogP contribution in [0.4, 0.5) is 0 Å². The van der Waals surface area contributed by atoms with Crippen molar-refractivity contribution in [1.29, 1.82) is 0 Å². The van der Waals surface area contributed by atoms with E-state index in [9.17, 15) is 15.3 Å². The van der Waals surface area contributed by atoms with E-state index in [1.807, 2.05) is 0 Å². The molecular formula is C7H14O6. The molecule has 0 aliphatic carbocycles. The SMILES string of the molecule is COC1C(O)[C@H](O)C(CO)O[C@H]1O. The van der Waals surface area contributed by atoms with Gasteiger partial charge in [-0.2, -0.15) is 0 Å². The van der Waals surface area contributed by atoms with Gasteiger partial charge in [-0.05, 0) is 0 Å². The Morgan fingerprint density at radius 3 is 2.31 bits per heavy atom. The predicted molar refractivity (Wildman–Crippen MR) is 40.8 cm³/mol. The maximum absolute atomic E-state index is 9.38. The molecule has 0 aromatic heterocycles. The fraction of sp³-hybridized carbons (Fsp3) is 1.00. The predicted octanol–water partition coefficient (Wildman–Crippen LogP) is -2.57. The van der Waals surface area contributed by atoms with Gasteiger partial charge >= 0.3 is 0 Å². The van der Waals surface area contributed by atoms with Crippen LogP contribution in [0.25, 0.3) is 0 Å². The molecule has 6 nitrogen and oxygen atoms in total. The van der Waals surface area contributed by atoms with Gasteiger partial charge in [0.1, 0.15) is 24.4 Å². The molecule has 0 radical (unpaired) electrons. The summed E-state index contributed by atoms with van der Waals surface area (Å²) in [6.07, 6.45) is -5.81. The summed E-state index contributed by atoms with van der Waals surface area (Å²) >= 11 is 0. The van der Waals surface area contributed by atoms with Crippen molar-refractivity contribution >= 4 is 0 Å². The van der Waals surface area contributed by atoms with Gasteiger partial charge in [-0.3, -0.25) is 0 Å². The average Bonchev–Trinajstić information content (AvgIpc) is 2.12. The van der Waals surface area contributed by atoms with Gasteiger partial charge in [0.2, 0.25) is 0 Å². The summed E-state index contributed by atoms with van der Waals surface area (Å²) in [4.78, 5) is 0. The number of hydrogen-bond acceptors (Lipinski definition) is 6. The van der Waals surface area contributed by atoms with E-state index in [2.05, 4.69) is 0 Å². The Hall–Kier alpha value is -0.240. The highest BCUT2D eigenvalue weighted by molar-refractivity contribution is 4.88. The summed E-state index contributed by atoms with van der Waals surface area (Å²) in [5, 5.41) is 36.7. The minimum atomic E-state index is -1.33. The van der Waals surface area contributed by atoms with Crippen molar-refractivity contribution in [3.63, 3.8) is 0 Å². The molecule has 0 amide bonds. The molecule has 3 unspecified atom stereocenters. The van der Waals surface area contributed by atoms with Crippen molar-refractivity contribution < 1.29 is 29.9 Å². The molecule has 1 saturated heterocycles. The lowest BCUT2D eigenvalue weighted by atomic mass is 9.99. The summed E-state index contributed by atoms with van der Waals surface area (Å²) in [7, 11) is 1.28. The van der Waals surface area contributed by atoms with Gasteiger partial charge in [0.05, 0.1) is 6.61 Å². The second kappa shape index (κ2) is 4.32. The smallest absolute Gasteiger partial charge is 0.184 e. The molecule has 1 aliphatic heterocycles. The molecule has 1 rings (SSSR count). The Kier molecular flexibility index (Phi) is 3.60. The van der Waals surface area contributed by atoms with Crippen LogP contribution in [0.15, 0.2) is 0 Å². The van der Waals surface area contributed by atoms with Gasteiger partial charge in [-0.15, -0.1) is 0 Å². The van der Waals surface area contributed by atoms with Crippen LogP contribution < -0.4 is 0 Å². The van der Waals surface area contributed by atoms with Gasteiger partial charge < -0.3 is 29.9 Å². The summed E-state index contributed by atoms with van der Waals surface area (Å²) in [6, 6.07) is 0. The van der Waals surface area contributed by atoms with E-state index < -0.39 is 37.3 Å². The molecule has 1 aliphatic rings. The quantitative estimate of drug-likeness (QED) is 0.386. The third-order valence-electron chi connectivity index (χ3n) is 2.11. The molecule has 0 spiro atoms. The molecule has 78 valence electrons. The highest BCUT2D eigenvalue weighted by atomic mass is 16.7. The topological polar surface area (TPSA) is 99.4 Å². The van der Waals surface area contributed by atoms with E-state index in [0.29, 0.717) is 0 Å². The number of aliphatic hydroxyl groups is 4. The first-order chi connectivity index (χ1) is 6.11. The number of rotatable bonds is 2. The zero-order valence-corrected chi connectivity index (χ0v) is 7.20. The second-order valence-corrected chi connectivity index (χ2v) is 2.93. The zero-order chi connectivity index (χ0) is 10.0. The lowest BCUT2D eigenvalue weighted by molar-refractivity contribution is -0.291. The number of hydrogen-bond donors (Lipinski definition) is 4. The lowest BCUT2D eigenvalue weighted by Crippen LogP contribution is -2.59. The van der Waals surface area contributed by atoms with Crippen molar-refractivity contribution in [2.45, 2.75) is 30.7 Å². The first-order valence-electron chi connectivity index (χ1n) is 3.95. The minimum absolute atomic E-state index is 0.467. The highest BCUT2D eigenvalue weighted by Crippen LogP contribution is 2.21. The van der Waals surface area contributed by atoms with Gasteiger partial charge in [-0.25, -0.2) is 0 Å². The van der Waals surface area contributed by atoms with Crippen LogP contribution >= 0.6 is 0 Å². The van der Waals surface area contributed by atoms with Crippen LogP contribution in [0.2, 0.25) is 0 Å². The third-order valence-corrected chi connectivity index (χ3v) is 2.11. The molecule has 0 saturated carbocycles. The fourth-order valence-electron chi connectivity index (χ4n) is 1.33. The zero-order valence-electron chi connectivity index (χ0n) is 7.20. The number of aliphatic hydroxyl groups excluding tert-OH is 4. The molecule has 0 aromatic carbocycles. The van der Waals surface area contributed by atoms with Crippen LogP contribution in [0.1, 0.15) is 0 Å². The standard InChI is InChI=1S/C7H14O6/c1-12-6-5(10)4(9)3(2-8)13-7(6)11/h3-11H,2H2,1H3/t3?,4-,5?,6?,7-/m1/s1. The highest BCUT2D eigenvalue weighted by Gasteiger charge is 2.43. The average molecular weight is 194 g/mol. The largest absolute Gasteiger partial charge is 0.394 e. The molecule has 0 aromatic rings. The molecule has 13 heavy (non-hydrogen) atoms. The van der Waals surface area contributed by atoms with Crippen LogP contribution in [-0.4, -0.2) is 64.8 Å². The maximum atomic E-state index is 9.38.